The third-order valence-corrected chi connectivity index (χ3v) is 3.01. The molecule has 0 spiro atoms. The third kappa shape index (κ3) is 4.35. The summed E-state index contributed by atoms with van der Waals surface area (Å²) >= 11 is 0. The molecule has 0 bridgehead atoms. The fourth-order valence-corrected chi connectivity index (χ4v) is 1.88. The van der Waals surface area contributed by atoms with E-state index in [0.717, 1.165) is 12.8 Å². The third-order valence-electron chi connectivity index (χ3n) is 3.01. The van der Waals surface area contributed by atoms with E-state index in [0.29, 0.717) is 5.92 Å². The number of benzene rings is 1. The second-order valence-corrected chi connectivity index (χ2v) is 4.90. The Balaban J connectivity index is 2.64. The normalized spacial score (nSPS) is 14.0. The zero-order valence-electron chi connectivity index (χ0n) is 11.2. The van der Waals surface area contributed by atoms with E-state index in [9.17, 15) is 9.18 Å². The second kappa shape index (κ2) is 6.38. The molecule has 100 valence electrons. The summed E-state index contributed by atoms with van der Waals surface area (Å²) in [5, 5.41) is 2.85. The lowest BCUT2D eigenvalue weighted by Gasteiger charge is -2.17. The van der Waals surface area contributed by atoms with Gasteiger partial charge >= 0.3 is 0 Å². The minimum Gasteiger partial charge on any atom is -0.399 e. The SMILES string of the molecule is CCC(C)CC(C)NC(=O)c1cc(N)cc(F)c1. The van der Waals surface area contributed by atoms with Crippen molar-refractivity contribution in [2.75, 3.05) is 5.73 Å². The molecule has 0 aliphatic heterocycles. The molecule has 0 saturated carbocycles. The van der Waals surface area contributed by atoms with Gasteiger partial charge in [-0.1, -0.05) is 20.3 Å². The molecule has 18 heavy (non-hydrogen) atoms. The molecule has 3 N–H and O–H groups in total. The molecular weight excluding hydrogens is 231 g/mol. The van der Waals surface area contributed by atoms with E-state index in [2.05, 4.69) is 19.2 Å². The zero-order chi connectivity index (χ0) is 13.7. The van der Waals surface area contributed by atoms with E-state index >= 15 is 0 Å². The van der Waals surface area contributed by atoms with E-state index < -0.39 is 5.82 Å². The molecule has 0 aliphatic rings. The molecule has 4 heteroatoms. The molecule has 0 aliphatic carbocycles. The van der Waals surface area contributed by atoms with Crippen LogP contribution in [0.3, 0.4) is 0 Å². The van der Waals surface area contributed by atoms with Crippen LogP contribution < -0.4 is 11.1 Å². The molecule has 1 aromatic rings. The van der Waals surface area contributed by atoms with Crippen molar-refractivity contribution in [2.24, 2.45) is 5.92 Å². The minimum absolute atomic E-state index is 0.0666. The van der Waals surface area contributed by atoms with Gasteiger partial charge in [0.05, 0.1) is 0 Å². The van der Waals surface area contributed by atoms with Gasteiger partial charge in [-0.3, -0.25) is 4.79 Å². The molecule has 2 atom stereocenters. The molecule has 1 amide bonds. The number of hydrogen-bond acceptors (Lipinski definition) is 2. The lowest BCUT2D eigenvalue weighted by Crippen LogP contribution is -2.33. The van der Waals surface area contributed by atoms with Gasteiger partial charge in [-0.25, -0.2) is 4.39 Å². The summed E-state index contributed by atoms with van der Waals surface area (Å²) in [4.78, 5) is 11.9. The van der Waals surface area contributed by atoms with Gasteiger partial charge in [0.15, 0.2) is 0 Å². The number of nitrogens with two attached hydrogens (primary N) is 1. The first-order valence-electron chi connectivity index (χ1n) is 6.29. The van der Waals surface area contributed by atoms with Gasteiger partial charge in [-0.2, -0.15) is 0 Å². The van der Waals surface area contributed by atoms with E-state index in [1.807, 2.05) is 6.92 Å². The molecule has 0 saturated heterocycles. The molecule has 0 aromatic heterocycles. The van der Waals surface area contributed by atoms with E-state index in [1.54, 1.807) is 0 Å². The van der Waals surface area contributed by atoms with Crippen LogP contribution in [0, 0.1) is 11.7 Å². The largest absolute Gasteiger partial charge is 0.399 e. The number of rotatable bonds is 5. The predicted molar refractivity (Wildman–Crippen MR) is 71.8 cm³/mol. The molecule has 1 rings (SSSR count). The molecule has 2 unspecified atom stereocenters. The zero-order valence-corrected chi connectivity index (χ0v) is 11.2. The Hall–Kier alpha value is -1.58. The summed E-state index contributed by atoms with van der Waals surface area (Å²) in [7, 11) is 0. The summed E-state index contributed by atoms with van der Waals surface area (Å²) < 4.78 is 13.1. The van der Waals surface area contributed by atoms with Crippen LogP contribution in [-0.2, 0) is 0 Å². The van der Waals surface area contributed by atoms with Crippen LogP contribution in [0.4, 0.5) is 10.1 Å². The Bertz CT molecular complexity index is 400. The quantitative estimate of drug-likeness (QED) is 0.792. The van der Waals surface area contributed by atoms with Gasteiger partial charge in [-0.05, 0) is 37.5 Å². The second-order valence-electron chi connectivity index (χ2n) is 4.90. The first-order chi connectivity index (χ1) is 8.42. The standard InChI is InChI=1S/C14H21FN2O/c1-4-9(2)5-10(3)17-14(18)11-6-12(15)8-13(16)7-11/h6-10H,4-5,16H2,1-3H3,(H,17,18). The fourth-order valence-electron chi connectivity index (χ4n) is 1.88. The number of nitrogen functional groups attached to an aromatic ring is 1. The van der Waals surface area contributed by atoms with Crippen LogP contribution in [0.25, 0.3) is 0 Å². The van der Waals surface area contributed by atoms with Crippen LogP contribution >= 0.6 is 0 Å². The number of hydrogen-bond donors (Lipinski definition) is 2. The van der Waals surface area contributed by atoms with Gasteiger partial charge < -0.3 is 11.1 Å². The maximum Gasteiger partial charge on any atom is 0.251 e. The van der Waals surface area contributed by atoms with E-state index in [4.69, 9.17) is 5.73 Å². The Labute approximate surface area is 108 Å². The molecule has 0 heterocycles. The van der Waals surface area contributed by atoms with Crippen molar-refractivity contribution in [3.8, 4) is 0 Å². The molecule has 0 radical (unpaired) electrons. The lowest BCUT2D eigenvalue weighted by molar-refractivity contribution is 0.0935. The van der Waals surface area contributed by atoms with Crippen molar-refractivity contribution in [3.63, 3.8) is 0 Å². The molecule has 3 nitrogen and oxygen atoms in total. The lowest BCUT2D eigenvalue weighted by atomic mass is 10.00. The van der Waals surface area contributed by atoms with Crippen LogP contribution in [-0.4, -0.2) is 11.9 Å². The van der Waals surface area contributed by atoms with Gasteiger partial charge in [0, 0.05) is 17.3 Å². The summed E-state index contributed by atoms with van der Waals surface area (Å²) in [6.07, 6.45) is 1.99. The van der Waals surface area contributed by atoms with Crippen LogP contribution in [0.2, 0.25) is 0 Å². The summed E-state index contributed by atoms with van der Waals surface area (Å²) in [5.74, 6) is -0.218. The number of halogens is 1. The summed E-state index contributed by atoms with van der Waals surface area (Å²) in [5.41, 5.74) is 6.04. The first kappa shape index (κ1) is 14.5. The molecule has 1 aromatic carbocycles. The Morgan fingerprint density at radius 1 is 1.39 bits per heavy atom. The predicted octanol–water partition coefficient (Wildman–Crippen LogP) is 2.96. The van der Waals surface area contributed by atoms with Crippen molar-refractivity contribution in [1.82, 2.24) is 5.32 Å². The highest BCUT2D eigenvalue weighted by atomic mass is 19.1. The number of nitrogens with one attached hydrogen (secondary N) is 1. The van der Waals surface area contributed by atoms with Crippen molar-refractivity contribution >= 4 is 11.6 Å². The highest BCUT2D eigenvalue weighted by Gasteiger charge is 2.13. The highest BCUT2D eigenvalue weighted by molar-refractivity contribution is 5.95. The smallest absolute Gasteiger partial charge is 0.251 e. The minimum atomic E-state index is -0.491. The van der Waals surface area contributed by atoms with Crippen molar-refractivity contribution in [3.05, 3.63) is 29.6 Å². The van der Waals surface area contributed by atoms with Crippen molar-refractivity contribution in [2.45, 2.75) is 39.7 Å². The van der Waals surface area contributed by atoms with Gasteiger partial charge in [0.25, 0.3) is 5.91 Å². The van der Waals surface area contributed by atoms with E-state index in [-0.39, 0.29) is 23.2 Å². The van der Waals surface area contributed by atoms with Crippen molar-refractivity contribution < 1.29 is 9.18 Å². The number of carbonyl (C=O) groups excluding carboxylic acids is 1. The number of anilines is 1. The van der Waals surface area contributed by atoms with Crippen LogP contribution in [0.1, 0.15) is 44.0 Å². The van der Waals surface area contributed by atoms with Gasteiger partial charge in [-0.15, -0.1) is 0 Å². The van der Waals surface area contributed by atoms with Crippen LogP contribution in [0.5, 0.6) is 0 Å². The number of amides is 1. The van der Waals surface area contributed by atoms with Crippen molar-refractivity contribution in [1.29, 1.82) is 0 Å². The first-order valence-corrected chi connectivity index (χ1v) is 6.29. The van der Waals surface area contributed by atoms with E-state index in [1.165, 1.54) is 18.2 Å². The average molecular weight is 252 g/mol. The van der Waals surface area contributed by atoms with Gasteiger partial charge in [0.2, 0.25) is 0 Å². The summed E-state index contributed by atoms with van der Waals surface area (Å²) in [6.45, 7) is 6.21. The fraction of sp³-hybridized carbons (Fsp3) is 0.500. The van der Waals surface area contributed by atoms with Crippen LogP contribution in [0.15, 0.2) is 18.2 Å². The molecule has 0 fully saturated rings. The average Bonchev–Trinajstić information content (AvgIpc) is 2.27. The highest BCUT2D eigenvalue weighted by Crippen LogP contribution is 2.13. The molecular formula is C14H21FN2O. The summed E-state index contributed by atoms with van der Waals surface area (Å²) in [6, 6.07) is 3.94. The Morgan fingerprint density at radius 2 is 2.06 bits per heavy atom. The Morgan fingerprint density at radius 3 is 2.61 bits per heavy atom. The Kier molecular flexibility index (Phi) is 5.13. The van der Waals surface area contributed by atoms with Gasteiger partial charge in [0.1, 0.15) is 5.82 Å². The maximum absolute atomic E-state index is 13.1. The monoisotopic (exact) mass is 252 g/mol. The maximum atomic E-state index is 13.1. The number of carbonyl (C=O) groups is 1. The topological polar surface area (TPSA) is 55.1 Å².